The number of imide groups is 1. The standard InChI is InChI=1S/C18H15Cl2N3O3/c19-10-4-2-1-3-9(10)7-22-8-11(20)16(21-22)23-17(24)14-12-5-6-13(26-12)15(14)18(23)25/h1-4,8,12-15H,5-7H2/t12-,13-,14-,15-/m1/s1. The molecule has 3 fully saturated rings. The van der Waals surface area contributed by atoms with Gasteiger partial charge in [0.2, 0.25) is 11.8 Å². The summed E-state index contributed by atoms with van der Waals surface area (Å²) in [6.07, 6.45) is 2.95. The highest BCUT2D eigenvalue weighted by molar-refractivity contribution is 6.35. The highest BCUT2D eigenvalue weighted by Crippen LogP contribution is 2.49. The van der Waals surface area contributed by atoms with E-state index in [1.807, 2.05) is 18.2 Å². The molecule has 1 aromatic heterocycles. The molecule has 3 saturated heterocycles. The minimum Gasteiger partial charge on any atom is -0.373 e. The van der Waals surface area contributed by atoms with Gasteiger partial charge in [-0.05, 0) is 24.5 Å². The van der Waals surface area contributed by atoms with E-state index in [2.05, 4.69) is 5.10 Å². The quantitative estimate of drug-likeness (QED) is 0.754. The van der Waals surface area contributed by atoms with Crippen molar-refractivity contribution in [3.8, 4) is 0 Å². The molecule has 8 heteroatoms. The molecule has 0 spiro atoms. The van der Waals surface area contributed by atoms with Crippen LogP contribution >= 0.6 is 23.2 Å². The normalized spacial score (nSPS) is 29.7. The summed E-state index contributed by atoms with van der Waals surface area (Å²) in [5, 5.41) is 5.29. The SMILES string of the molecule is O=C1[C@H]2[C@H](C(=O)N1c1nn(Cc3ccccc3Cl)cc1Cl)[C@H]1CC[C@H]2O1. The number of rotatable bonds is 3. The molecule has 4 heterocycles. The van der Waals surface area contributed by atoms with E-state index in [9.17, 15) is 9.59 Å². The second-order valence-corrected chi connectivity index (χ2v) is 7.76. The Hall–Kier alpha value is -1.89. The van der Waals surface area contributed by atoms with Crippen LogP contribution in [0.4, 0.5) is 5.82 Å². The van der Waals surface area contributed by atoms with E-state index >= 15 is 0 Å². The molecule has 2 aromatic rings. The van der Waals surface area contributed by atoms with Gasteiger partial charge in [-0.15, -0.1) is 0 Å². The Bertz CT molecular complexity index is 900. The van der Waals surface area contributed by atoms with E-state index in [-0.39, 0.29) is 34.9 Å². The third-order valence-corrected chi connectivity index (χ3v) is 6.12. The highest BCUT2D eigenvalue weighted by Gasteiger charge is 2.63. The first kappa shape index (κ1) is 16.3. The first-order chi connectivity index (χ1) is 12.5. The smallest absolute Gasteiger partial charge is 0.241 e. The summed E-state index contributed by atoms with van der Waals surface area (Å²) < 4.78 is 7.35. The molecule has 0 aliphatic carbocycles. The maximum Gasteiger partial charge on any atom is 0.241 e. The maximum atomic E-state index is 12.9. The van der Waals surface area contributed by atoms with Crippen LogP contribution in [0.3, 0.4) is 0 Å². The maximum absolute atomic E-state index is 12.9. The van der Waals surface area contributed by atoms with Crippen molar-refractivity contribution in [2.24, 2.45) is 11.8 Å². The zero-order valence-electron chi connectivity index (χ0n) is 13.6. The second kappa shape index (κ2) is 5.81. The van der Waals surface area contributed by atoms with Crippen molar-refractivity contribution in [2.45, 2.75) is 31.6 Å². The number of nitrogens with zero attached hydrogens (tertiary/aromatic N) is 3. The lowest BCUT2D eigenvalue weighted by atomic mass is 9.81. The minimum absolute atomic E-state index is 0.157. The molecule has 4 atom stereocenters. The number of carbonyl (C=O) groups excluding carboxylic acids is 2. The molecule has 134 valence electrons. The molecule has 0 radical (unpaired) electrons. The topological polar surface area (TPSA) is 64.4 Å². The Labute approximate surface area is 159 Å². The number of hydrogen-bond acceptors (Lipinski definition) is 4. The number of anilines is 1. The van der Waals surface area contributed by atoms with Gasteiger partial charge in [0.1, 0.15) is 5.02 Å². The van der Waals surface area contributed by atoms with Crippen LogP contribution in [0.25, 0.3) is 0 Å². The number of carbonyl (C=O) groups is 2. The summed E-state index contributed by atoms with van der Waals surface area (Å²) in [5.41, 5.74) is 0.877. The number of amides is 2. The lowest BCUT2D eigenvalue weighted by Crippen LogP contribution is -2.34. The molecule has 5 rings (SSSR count). The molecule has 2 bridgehead atoms. The average Bonchev–Trinajstić information content (AvgIpc) is 3.35. The Morgan fingerprint density at radius 2 is 1.69 bits per heavy atom. The molecule has 3 aliphatic heterocycles. The molecule has 3 aliphatic rings. The van der Waals surface area contributed by atoms with E-state index in [1.165, 1.54) is 0 Å². The second-order valence-electron chi connectivity index (χ2n) is 6.94. The fraction of sp³-hybridized carbons (Fsp3) is 0.389. The highest BCUT2D eigenvalue weighted by atomic mass is 35.5. The Morgan fingerprint density at radius 1 is 1.04 bits per heavy atom. The van der Waals surface area contributed by atoms with Crippen molar-refractivity contribution in [3.05, 3.63) is 46.1 Å². The lowest BCUT2D eigenvalue weighted by molar-refractivity contribution is -0.124. The van der Waals surface area contributed by atoms with Crippen molar-refractivity contribution in [2.75, 3.05) is 4.90 Å². The summed E-state index contributed by atoms with van der Waals surface area (Å²) in [5.74, 6) is -1.10. The van der Waals surface area contributed by atoms with Gasteiger partial charge in [0.05, 0.1) is 30.6 Å². The fourth-order valence-electron chi connectivity index (χ4n) is 4.34. The Kier molecular flexibility index (Phi) is 3.64. The summed E-state index contributed by atoms with van der Waals surface area (Å²) >= 11 is 12.5. The monoisotopic (exact) mass is 391 g/mol. The summed E-state index contributed by atoms with van der Waals surface area (Å²) in [6.45, 7) is 0.400. The zero-order chi connectivity index (χ0) is 18.0. The fourth-order valence-corrected chi connectivity index (χ4v) is 4.77. The van der Waals surface area contributed by atoms with Gasteiger partial charge in [-0.25, -0.2) is 4.90 Å². The van der Waals surface area contributed by atoms with Gasteiger partial charge in [0, 0.05) is 11.2 Å². The van der Waals surface area contributed by atoms with Gasteiger partial charge < -0.3 is 4.74 Å². The van der Waals surface area contributed by atoms with Gasteiger partial charge in [-0.2, -0.15) is 5.10 Å². The van der Waals surface area contributed by atoms with Gasteiger partial charge >= 0.3 is 0 Å². The summed E-state index contributed by atoms with van der Waals surface area (Å²) in [4.78, 5) is 26.9. The molecule has 0 unspecified atom stereocenters. The number of ether oxygens (including phenoxy) is 1. The van der Waals surface area contributed by atoms with Gasteiger partial charge in [-0.3, -0.25) is 14.3 Å². The number of hydrogen-bond donors (Lipinski definition) is 0. The van der Waals surface area contributed by atoms with Crippen LogP contribution in [0.15, 0.2) is 30.5 Å². The summed E-state index contributed by atoms with van der Waals surface area (Å²) in [6, 6.07) is 7.43. The van der Waals surface area contributed by atoms with Crippen LogP contribution in [0, 0.1) is 11.8 Å². The van der Waals surface area contributed by atoms with Crippen LogP contribution in [-0.2, 0) is 20.9 Å². The number of benzene rings is 1. The first-order valence-electron chi connectivity index (χ1n) is 8.54. The van der Waals surface area contributed by atoms with Crippen molar-refractivity contribution in [3.63, 3.8) is 0 Å². The van der Waals surface area contributed by atoms with E-state index in [0.717, 1.165) is 23.3 Å². The molecule has 0 saturated carbocycles. The van der Waals surface area contributed by atoms with Gasteiger partial charge in [0.25, 0.3) is 0 Å². The van der Waals surface area contributed by atoms with Crippen molar-refractivity contribution >= 4 is 40.8 Å². The van der Waals surface area contributed by atoms with Gasteiger partial charge in [-0.1, -0.05) is 41.4 Å². The largest absolute Gasteiger partial charge is 0.373 e. The van der Waals surface area contributed by atoms with Crippen LogP contribution < -0.4 is 4.90 Å². The zero-order valence-corrected chi connectivity index (χ0v) is 15.2. The van der Waals surface area contributed by atoms with Gasteiger partial charge in [0.15, 0.2) is 5.82 Å². The minimum atomic E-state index is -0.397. The molecule has 1 aromatic carbocycles. The predicted octanol–water partition coefficient (Wildman–Crippen LogP) is 2.91. The van der Waals surface area contributed by atoms with Crippen LogP contribution in [-0.4, -0.2) is 33.8 Å². The number of fused-ring (bicyclic) bond motifs is 5. The third-order valence-electron chi connectivity index (χ3n) is 5.49. The van der Waals surface area contributed by atoms with Crippen molar-refractivity contribution < 1.29 is 14.3 Å². The number of halogens is 2. The third kappa shape index (κ3) is 2.25. The van der Waals surface area contributed by atoms with Crippen LogP contribution in [0.5, 0.6) is 0 Å². The van der Waals surface area contributed by atoms with Crippen LogP contribution in [0.2, 0.25) is 10.0 Å². The lowest BCUT2D eigenvalue weighted by Gasteiger charge is -2.15. The predicted molar refractivity (Wildman–Crippen MR) is 95.2 cm³/mol. The first-order valence-corrected chi connectivity index (χ1v) is 9.30. The van der Waals surface area contributed by atoms with E-state index in [4.69, 9.17) is 27.9 Å². The molecule has 0 N–H and O–H groups in total. The van der Waals surface area contributed by atoms with Crippen molar-refractivity contribution in [1.29, 1.82) is 0 Å². The summed E-state index contributed by atoms with van der Waals surface area (Å²) in [7, 11) is 0. The van der Waals surface area contributed by atoms with E-state index < -0.39 is 11.8 Å². The molecule has 6 nitrogen and oxygen atoms in total. The molecular weight excluding hydrogens is 377 g/mol. The van der Waals surface area contributed by atoms with E-state index in [1.54, 1.807) is 16.9 Å². The van der Waals surface area contributed by atoms with Crippen LogP contribution in [0.1, 0.15) is 18.4 Å². The average molecular weight is 392 g/mol. The number of aromatic nitrogens is 2. The molecule has 2 amide bonds. The molecular formula is C18H15Cl2N3O3. The van der Waals surface area contributed by atoms with Crippen molar-refractivity contribution in [1.82, 2.24) is 9.78 Å². The van der Waals surface area contributed by atoms with E-state index in [0.29, 0.717) is 11.6 Å². The Morgan fingerprint density at radius 3 is 2.35 bits per heavy atom. The molecule has 26 heavy (non-hydrogen) atoms. The Balaban J connectivity index is 1.46.